The summed E-state index contributed by atoms with van der Waals surface area (Å²) in [5.41, 5.74) is 5.22. The summed E-state index contributed by atoms with van der Waals surface area (Å²) >= 11 is 1.64. The zero-order valence-corrected chi connectivity index (χ0v) is 15.4. The molecule has 0 saturated carbocycles. The molecule has 26 heavy (non-hydrogen) atoms. The highest BCUT2D eigenvalue weighted by Gasteiger charge is 2.23. The fraction of sp³-hybridized carbons (Fsp3) is 0.263. The Morgan fingerprint density at radius 1 is 1.19 bits per heavy atom. The summed E-state index contributed by atoms with van der Waals surface area (Å²) in [6.07, 6.45) is 0. The lowest BCUT2D eigenvalue weighted by molar-refractivity contribution is -0.145. The summed E-state index contributed by atoms with van der Waals surface area (Å²) in [7, 11) is 1.57. The number of rotatable bonds is 7. The molecule has 1 N–H and O–H groups in total. The number of nitrogens with zero attached hydrogens (tertiary/aromatic N) is 1. The van der Waals surface area contributed by atoms with Crippen molar-refractivity contribution in [1.82, 2.24) is 5.43 Å². The van der Waals surface area contributed by atoms with Gasteiger partial charge in [-0.3, -0.25) is 5.43 Å². The molecule has 1 aliphatic heterocycles. The van der Waals surface area contributed by atoms with Crippen LogP contribution in [-0.2, 0) is 9.53 Å². The Balaban J connectivity index is 1.67. The highest BCUT2D eigenvalue weighted by molar-refractivity contribution is 8.14. The van der Waals surface area contributed by atoms with Crippen molar-refractivity contribution in [2.75, 3.05) is 20.3 Å². The van der Waals surface area contributed by atoms with Crippen molar-refractivity contribution < 1.29 is 19.0 Å². The van der Waals surface area contributed by atoms with Crippen molar-refractivity contribution in [2.24, 2.45) is 5.10 Å². The van der Waals surface area contributed by atoms with Crippen LogP contribution >= 0.6 is 11.8 Å². The number of esters is 1. The average Bonchev–Trinajstić information content (AvgIpc) is 3.17. The van der Waals surface area contributed by atoms with Gasteiger partial charge < -0.3 is 14.2 Å². The molecular weight excluding hydrogens is 352 g/mol. The van der Waals surface area contributed by atoms with Gasteiger partial charge in [-0.2, -0.15) is 5.10 Å². The number of carbonyl (C=O) groups excluding carboxylic acids is 1. The van der Waals surface area contributed by atoms with E-state index in [9.17, 15) is 4.79 Å². The van der Waals surface area contributed by atoms with Crippen molar-refractivity contribution in [3.63, 3.8) is 0 Å². The predicted molar refractivity (Wildman–Crippen MR) is 102 cm³/mol. The summed E-state index contributed by atoms with van der Waals surface area (Å²) in [6.45, 7) is 1.93. The molecule has 0 bridgehead atoms. The van der Waals surface area contributed by atoms with E-state index in [1.54, 1.807) is 31.9 Å². The quantitative estimate of drug-likeness (QED) is 0.752. The first-order chi connectivity index (χ1) is 12.7. The van der Waals surface area contributed by atoms with Crippen LogP contribution in [0, 0.1) is 0 Å². The monoisotopic (exact) mass is 372 g/mol. The van der Waals surface area contributed by atoms with Gasteiger partial charge in [0, 0.05) is 5.56 Å². The van der Waals surface area contributed by atoms with Crippen LogP contribution < -0.4 is 14.9 Å². The third kappa shape index (κ3) is 4.29. The van der Waals surface area contributed by atoms with Crippen molar-refractivity contribution in [3.8, 4) is 11.5 Å². The van der Waals surface area contributed by atoms with Crippen LogP contribution in [0.1, 0.15) is 23.4 Å². The highest BCUT2D eigenvalue weighted by Crippen LogP contribution is 2.38. The topological polar surface area (TPSA) is 69.2 Å². The van der Waals surface area contributed by atoms with E-state index in [0.717, 1.165) is 16.2 Å². The maximum absolute atomic E-state index is 11.4. The number of hydrogen-bond acceptors (Lipinski definition) is 7. The fourth-order valence-corrected chi connectivity index (χ4v) is 3.43. The Morgan fingerprint density at radius 2 is 2.00 bits per heavy atom. The zero-order chi connectivity index (χ0) is 18.4. The molecule has 0 radical (unpaired) electrons. The van der Waals surface area contributed by atoms with Crippen LogP contribution in [0.15, 0.2) is 53.6 Å². The number of methoxy groups -OCH3 is 1. The molecule has 1 aliphatic rings. The van der Waals surface area contributed by atoms with Gasteiger partial charge in [0.15, 0.2) is 18.1 Å². The smallest absolute Gasteiger partial charge is 0.344 e. The van der Waals surface area contributed by atoms with E-state index in [1.807, 2.05) is 42.5 Å². The standard InChI is InChI=1S/C19H20N2O4S/c1-3-24-17(22)12-25-15-10-9-14(11-16(15)23-2)19-21-20-18(26-19)13-7-5-4-6-8-13/h4-11,19,21H,3,12H2,1-2H3/t19-/m1/s1. The second kappa shape index (κ2) is 8.62. The summed E-state index contributed by atoms with van der Waals surface area (Å²) in [4.78, 5) is 11.4. The van der Waals surface area contributed by atoms with Gasteiger partial charge in [0.1, 0.15) is 10.4 Å². The number of carbonyl (C=O) groups is 1. The number of nitrogens with one attached hydrogen (secondary N) is 1. The Bertz CT molecular complexity index is 795. The minimum absolute atomic E-state index is 0.0155. The van der Waals surface area contributed by atoms with Gasteiger partial charge >= 0.3 is 5.97 Å². The Labute approximate surface area is 156 Å². The molecule has 136 valence electrons. The zero-order valence-electron chi connectivity index (χ0n) is 14.6. The molecule has 0 aromatic heterocycles. The molecule has 1 heterocycles. The Hall–Kier alpha value is -2.67. The molecule has 1 atom stereocenters. The van der Waals surface area contributed by atoms with Crippen molar-refractivity contribution in [3.05, 3.63) is 59.7 Å². The van der Waals surface area contributed by atoms with Crippen LogP contribution in [0.25, 0.3) is 0 Å². The average molecular weight is 372 g/mol. The Morgan fingerprint density at radius 3 is 2.73 bits per heavy atom. The predicted octanol–water partition coefficient (Wildman–Crippen LogP) is 3.33. The van der Waals surface area contributed by atoms with Crippen LogP contribution in [-0.4, -0.2) is 31.3 Å². The number of hydrogen-bond donors (Lipinski definition) is 1. The highest BCUT2D eigenvalue weighted by atomic mass is 32.2. The summed E-state index contributed by atoms with van der Waals surface area (Å²) in [5, 5.41) is 5.34. The van der Waals surface area contributed by atoms with Crippen molar-refractivity contribution >= 4 is 22.8 Å². The first-order valence-corrected chi connectivity index (χ1v) is 9.11. The maximum Gasteiger partial charge on any atom is 0.344 e. The number of hydrazone groups is 1. The lowest BCUT2D eigenvalue weighted by Crippen LogP contribution is -2.15. The molecule has 7 heteroatoms. The van der Waals surface area contributed by atoms with E-state index in [0.29, 0.717) is 18.1 Å². The minimum atomic E-state index is -0.410. The molecular formula is C19H20N2O4S. The molecule has 6 nitrogen and oxygen atoms in total. The second-order valence-electron chi connectivity index (χ2n) is 5.41. The van der Waals surface area contributed by atoms with E-state index < -0.39 is 5.97 Å². The van der Waals surface area contributed by atoms with E-state index in [-0.39, 0.29) is 12.0 Å². The van der Waals surface area contributed by atoms with Crippen LogP contribution in [0.4, 0.5) is 0 Å². The number of thioether (sulfide) groups is 1. The third-order valence-electron chi connectivity index (χ3n) is 3.67. The largest absolute Gasteiger partial charge is 0.493 e. The van der Waals surface area contributed by atoms with Crippen LogP contribution in [0.3, 0.4) is 0 Å². The van der Waals surface area contributed by atoms with Gasteiger partial charge in [-0.15, -0.1) is 0 Å². The van der Waals surface area contributed by atoms with Crippen molar-refractivity contribution in [2.45, 2.75) is 12.3 Å². The van der Waals surface area contributed by atoms with Crippen LogP contribution in [0.2, 0.25) is 0 Å². The number of ether oxygens (including phenoxy) is 3. The molecule has 0 unspecified atom stereocenters. The normalized spacial score (nSPS) is 15.8. The first-order valence-electron chi connectivity index (χ1n) is 8.23. The summed E-state index contributed by atoms with van der Waals surface area (Å²) < 4.78 is 15.8. The van der Waals surface area contributed by atoms with Gasteiger partial charge in [0.05, 0.1) is 13.7 Å². The molecule has 0 aliphatic carbocycles. The maximum atomic E-state index is 11.4. The van der Waals surface area contributed by atoms with Gasteiger partial charge in [-0.25, -0.2) is 4.79 Å². The lowest BCUT2D eigenvalue weighted by atomic mass is 10.2. The SMILES string of the molecule is CCOC(=O)COc1ccc([C@@H]2NN=C(c3ccccc3)S2)cc1OC. The lowest BCUT2D eigenvalue weighted by Gasteiger charge is -2.14. The first kappa shape index (κ1) is 18.1. The molecule has 0 amide bonds. The van der Waals surface area contributed by atoms with E-state index in [1.165, 1.54) is 0 Å². The Kier molecular flexibility index (Phi) is 6.01. The molecule has 3 rings (SSSR count). The number of benzene rings is 2. The van der Waals surface area contributed by atoms with E-state index in [2.05, 4.69) is 10.5 Å². The van der Waals surface area contributed by atoms with Crippen LogP contribution in [0.5, 0.6) is 11.5 Å². The third-order valence-corrected chi connectivity index (χ3v) is 4.84. The molecule has 0 spiro atoms. The summed E-state index contributed by atoms with van der Waals surface area (Å²) in [5.74, 6) is 0.645. The van der Waals surface area contributed by atoms with Gasteiger partial charge in [0.25, 0.3) is 0 Å². The molecule has 2 aromatic carbocycles. The fourth-order valence-electron chi connectivity index (χ4n) is 2.44. The molecule has 0 saturated heterocycles. The molecule has 0 fully saturated rings. The van der Waals surface area contributed by atoms with Crippen molar-refractivity contribution in [1.29, 1.82) is 0 Å². The summed E-state index contributed by atoms with van der Waals surface area (Å²) in [6, 6.07) is 15.6. The van der Waals surface area contributed by atoms with Gasteiger partial charge in [0.2, 0.25) is 0 Å². The second-order valence-corrected chi connectivity index (χ2v) is 6.51. The van der Waals surface area contributed by atoms with E-state index in [4.69, 9.17) is 14.2 Å². The van der Waals surface area contributed by atoms with Gasteiger partial charge in [-0.1, -0.05) is 48.2 Å². The van der Waals surface area contributed by atoms with Gasteiger partial charge in [-0.05, 0) is 24.6 Å². The van der Waals surface area contributed by atoms with E-state index >= 15 is 0 Å². The minimum Gasteiger partial charge on any atom is -0.493 e. The molecule has 2 aromatic rings.